The van der Waals surface area contributed by atoms with E-state index in [1.54, 1.807) is 17.5 Å². The molecule has 0 N–H and O–H groups in total. The molecule has 0 aliphatic carbocycles. The van der Waals surface area contributed by atoms with Crippen molar-refractivity contribution in [2.45, 2.75) is 11.1 Å². The first kappa shape index (κ1) is 23.3. The van der Waals surface area contributed by atoms with Crippen molar-refractivity contribution in [1.82, 2.24) is 14.2 Å². The molecule has 0 saturated carbocycles. The van der Waals surface area contributed by atoms with Crippen LogP contribution in [-0.4, -0.2) is 54.7 Å². The van der Waals surface area contributed by atoms with E-state index in [1.807, 2.05) is 0 Å². The molecule has 0 unspecified atom stereocenters. The van der Waals surface area contributed by atoms with E-state index in [0.717, 1.165) is 22.5 Å². The van der Waals surface area contributed by atoms with Gasteiger partial charge in [-0.25, -0.2) is 17.8 Å². The predicted octanol–water partition coefficient (Wildman–Crippen LogP) is 4.11. The Hall–Kier alpha value is -2.83. The Kier molecular flexibility index (Phi) is 6.25. The van der Waals surface area contributed by atoms with Crippen molar-refractivity contribution in [2.24, 2.45) is 0 Å². The van der Waals surface area contributed by atoms with E-state index >= 15 is 0 Å². The highest BCUT2D eigenvalue weighted by atomic mass is 32.2. The van der Waals surface area contributed by atoms with Crippen LogP contribution >= 0.6 is 11.3 Å². The van der Waals surface area contributed by atoms with Gasteiger partial charge < -0.3 is 4.90 Å². The molecule has 1 aliphatic heterocycles. The van der Waals surface area contributed by atoms with E-state index in [4.69, 9.17) is 0 Å². The van der Waals surface area contributed by atoms with Gasteiger partial charge in [-0.15, -0.1) is 11.3 Å². The lowest BCUT2D eigenvalue weighted by molar-refractivity contribution is -0.137. The number of carbonyl (C=O) groups is 1. The Bertz CT molecular complexity index is 1270. The number of aromatic nitrogens is 1. The van der Waals surface area contributed by atoms with Crippen molar-refractivity contribution in [3.05, 3.63) is 71.0 Å². The second-order valence-electron chi connectivity index (χ2n) is 7.27. The summed E-state index contributed by atoms with van der Waals surface area (Å²) in [5, 5.41) is 2.12. The summed E-state index contributed by atoms with van der Waals surface area (Å²) in [5.41, 5.74) is -0.191. The molecule has 0 radical (unpaired) electrons. The summed E-state index contributed by atoms with van der Waals surface area (Å²) in [7, 11) is -4.14. The van der Waals surface area contributed by atoms with Crippen molar-refractivity contribution in [1.29, 1.82) is 0 Å². The fraction of sp³-hybridized carbons (Fsp3) is 0.238. The average Bonchev–Trinajstić information content (AvgIpc) is 3.29. The van der Waals surface area contributed by atoms with Crippen LogP contribution in [0.25, 0.3) is 10.6 Å². The lowest BCUT2D eigenvalue weighted by Gasteiger charge is -2.33. The molecule has 4 rings (SSSR count). The number of hydrogen-bond donors (Lipinski definition) is 0. The smallest absolute Gasteiger partial charge is 0.335 e. The van der Waals surface area contributed by atoms with E-state index in [0.29, 0.717) is 16.6 Å². The number of hydrogen-bond acceptors (Lipinski definition) is 5. The Morgan fingerprint density at radius 1 is 1.00 bits per heavy atom. The normalized spacial score (nSPS) is 15.6. The molecule has 1 aromatic heterocycles. The number of alkyl halides is 3. The Labute approximate surface area is 191 Å². The van der Waals surface area contributed by atoms with Gasteiger partial charge in [0.15, 0.2) is 0 Å². The minimum Gasteiger partial charge on any atom is -0.335 e. The average molecular weight is 500 g/mol. The van der Waals surface area contributed by atoms with E-state index in [2.05, 4.69) is 4.98 Å². The van der Waals surface area contributed by atoms with E-state index in [1.165, 1.54) is 28.4 Å². The molecule has 1 saturated heterocycles. The minimum atomic E-state index is -4.66. The predicted molar refractivity (Wildman–Crippen MR) is 114 cm³/mol. The first-order valence-electron chi connectivity index (χ1n) is 9.74. The number of nitrogens with zero attached hydrogens (tertiary/aromatic N) is 3. The van der Waals surface area contributed by atoms with Gasteiger partial charge in [0, 0.05) is 37.1 Å². The molecule has 3 aromatic rings. The summed E-state index contributed by atoms with van der Waals surface area (Å²) in [5.74, 6) is -0.764. The van der Waals surface area contributed by atoms with Gasteiger partial charge >= 0.3 is 6.18 Å². The first-order valence-corrected chi connectivity index (χ1v) is 12.1. The summed E-state index contributed by atoms with van der Waals surface area (Å²) in [6.07, 6.45) is -4.66. The largest absolute Gasteiger partial charge is 0.416 e. The molecule has 1 fully saturated rings. The third-order valence-electron chi connectivity index (χ3n) is 5.14. The highest BCUT2D eigenvalue weighted by molar-refractivity contribution is 7.89. The molecule has 2 aromatic carbocycles. The quantitative estimate of drug-likeness (QED) is 0.507. The zero-order chi connectivity index (χ0) is 23.8. The number of thiazole rings is 1. The zero-order valence-corrected chi connectivity index (χ0v) is 18.6. The number of benzene rings is 2. The van der Waals surface area contributed by atoms with Crippen molar-refractivity contribution in [2.75, 3.05) is 26.2 Å². The molecule has 0 bridgehead atoms. The molecule has 1 aliphatic rings. The van der Waals surface area contributed by atoms with E-state index in [-0.39, 0.29) is 43.6 Å². The standard InChI is InChI=1S/C21H17F4N3O3S2/c22-16-6-4-14(5-7-16)19-26-18(13-32-19)20(29)27-8-10-28(11-9-27)33(30,31)17-3-1-2-15(12-17)21(23,24)25/h1-7,12-13H,8-11H2. The fourth-order valence-electron chi connectivity index (χ4n) is 3.37. The first-order chi connectivity index (χ1) is 15.6. The maximum absolute atomic E-state index is 13.1. The van der Waals surface area contributed by atoms with Crippen molar-refractivity contribution < 1.29 is 30.8 Å². The highest BCUT2D eigenvalue weighted by Gasteiger charge is 2.34. The molecule has 0 spiro atoms. The summed E-state index contributed by atoms with van der Waals surface area (Å²) in [4.78, 5) is 18.1. The number of amides is 1. The number of rotatable bonds is 4. The number of piperazine rings is 1. The monoisotopic (exact) mass is 499 g/mol. The lowest BCUT2D eigenvalue weighted by Crippen LogP contribution is -2.50. The highest BCUT2D eigenvalue weighted by Crippen LogP contribution is 2.31. The van der Waals surface area contributed by atoms with Gasteiger partial charge in [-0.2, -0.15) is 17.5 Å². The molecule has 12 heteroatoms. The van der Waals surface area contributed by atoms with Crippen molar-refractivity contribution >= 4 is 27.3 Å². The van der Waals surface area contributed by atoms with Crippen molar-refractivity contribution in [3.8, 4) is 10.6 Å². The van der Waals surface area contributed by atoms with Crippen LogP contribution in [0.2, 0.25) is 0 Å². The van der Waals surface area contributed by atoms with Crippen molar-refractivity contribution in [3.63, 3.8) is 0 Å². The molecule has 0 atom stereocenters. The van der Waals surface area contributed by atoms with Gasteiger partial charge in [0.05, 0.1) is 10.5 Å². The second kappa shape index (κ2) is 8.84. The van der Waals surface area contributed by atoms with Crippen LogP contribution in [0.3, 0.4) is 0 Å². The maximum atomic E-state index is 13.1. The van der Waals surface area contributed by atoms with Crippen LogP contribution in [-0.2, 0) is 16.2 Å². The number of carbonyl (C=O) groups excluding carboxylic acids is 1. The van der Waals surface area contributed by atoms with Gasteiger partial charge in [-0.3, -0.25) is 4.79 Å². The third kappa shape index (κ3) is 4.92. The fourth-order valence-corrected chi connectivity index (χ4v) is 5.64. The Balaban J connectivity index is 1.43. The number of halogens is 4. The van der Waals surface area contributed by atoms with Crippen LogP contribution < -0.4 is 0 Å². The molecule has 1 amide bonds. The van der Waals surface area contributed by atoms with Gasteiger partial charge in [0.2, 0.25) is 10.0 Å². The van der Waals surface area contributed by atoms with Crippen LogP contribution in [0, 0.1) is 5.82 Å². The Morgan fingerprint density at radius 3 is 2.30 bits per heavy atom. The summed E-state index contributed by atoms with van der Waals surface area (Å²) < 4.78 is 78.7. The Morgan fingerprint density at radius 2 is 1.67 bits per heavy atom. The van der Waals surface area contributed by atoms with Gasteiger partial charge in [0.25, 0.3) is 5.91 Å². The molecule has 33 heavy (non-hydrogen) atoms. The summed E-state index contributed by atoms with van der Waals surface area (Å²) in [6.45, 7) is 0.0272. The number of sulfonamides is 1. The minimum absolute atomic E-state index is 0.0563. The zero-order valence-electron chi connectivity index (χ0n) is 16.9. The van der Waals surface area contributed by atoms with Crippen LogP contribution in [0.15, 0.2) is 58.8 Å². The lowest BCUT2D eigenvalue weighted by atomic mass is 10.2. The molecular weight excluding hydrogens is 482 g/mol. The van der Waals surface area contributed by atoms with Crippen LogP contribution in [0.4, 0.5) is 17.6 Å². The van der Waals surface area contributed by atoms with Gasteiger partial charge in [0.1, 0.15) is 16.5 Å². The second-order valence-corrected chi connectivity index (χ2v) is 10.1. The van der Waals surface area contributed by atoms with E-state index < -0.39 is 26.7 Å². The third-order valence-corrected chi connectivity index (χ3v) is 7.93. The SMILES string of the molecule is O=C(c1csc(-c2ccc(F)cc2)n1)N1CCN(S(=O)(=O)c2cccc(C(F)(F)F)c2)CC1. The molecular formula is C21H17F4N3O3S2. The van der Waals surface area contributed by atoms with Gasteiger partial charge in [-0.05, 0) is 42.5 Å². The maximum Gasteiger partial charge on any atom is 0.416 e. The molecule has 6 nitrogen and oxygen atoms in total. The molecule has 174 valence electrons. The summed E-state index contributed by atoms with van der Waals surface area (Å²) >= 11 is 1.23. The van der Waals surface area contributed by atoms with Gasteiger partial charge in [-0.1, -0.05) is 6.07 Å². The van der Waals surface area contributed by atoms with Crippen LogP contribution in [0.5, 0.6) is 0 Å². The van der Waals surface area contributed by atoms with E-state index in [9.17, 15) is 30.8 Å². The van der Waals surface area contributed by atoms with Crippen LogP contribution in [0.1, 0.15) is 16.1 Å². The summed E-state index contributed by atoms with van der Waals surface area (Å²) in [6, 6.07) is 9.29. The molecule has 2 heterocycles. The topological polar surface area (TPSA) is 70.6 Å².